The Labute approximate surface area is 173 Å². The van der Waals surface area contributed by atoms with Gasteiger partial charge in [-0.25, -0.2) is 9.59 Å². The van der Waals surface area contributed by atoms with Gasteiger partial charge in [0.2, 0.25) is 0 Å². The van der Waals surface area contributed by atoms with Crippen molar-refractivity contribution in [2.24, 2.45) is 23.7 Å². The van der Waals surface area contributed by atoms with Gasteiger partial charge in [-0.15, -0.1) is 0 Å². The molecule has 4 saturated carbocycles. The molecule has 1 saturated heterocycles. The fourth-order valence-corrected chi connectivity index (χ4v) is 8.52. The minimum absolute atomic E-state index is 0.189. The molecule has 7 rings (SSSR count). The Balaban J connectivity index is 1.37. The van der Waals surface area contributed by atoms with Crippen LogP contribution in [0.5, 0.6) is 0 Å². The topological polar surface area (TPSA) is 52.6 Å². The van der Waals surface area contributed by atoms with E-state index in [1.54, 1.807) is 0 Å². The molecule has 0 aromatic heterocycles. The lowest BCUT2D eigenvalue weighted by molar-refractivity contribution is -0.308. The van der Waals surface area contributed by atoms with Gasteiger partial charge in [0, 0.05) is 15.4 Å². The van der Waals surface area contributed by atoms with Crippen molar-refractivity contribution in [3.8, 4) is 0 Å². The number of hydrogen-bond acceptors (Lipinski definition) is 4. The van der Waals surface area contributed by atoms with Crippen LogP contribution < -0.4 is 0 Å². The van der Waals surface area contributed by atoms with Crippen LogP contribution in [0, 0.1) is 27.2 Å². The predicted octanol–water partition coefficient (Wildman–Crippen LogP) is 4.40. The zero-order chi connectivity index (χ0) is 18.9. The summed E-state index contributed by atoms with van der Waals surface area (Å²) in [6.45, 7) is 0. The third-order valence-corrected chi connectivity index (χ3v) is 10.0. The summed E-state index contributed by atoms with van der Waals surface area (Å²) >= 11 is -0.965. The summed E-state index contributed by atoms with van der Waals surface area (Å²) in [4.78, 5) is 26.0. The Morgan fingerprint density at radius 2 is 1.39 bits per heavy atom. The third-order valence-electron chi connectivity index (χ3n) is 7.07. The number of benzene rings is 2. The van der Waals surface area contributed by atoms with Crippen LogP contribution in [-0.4, -0.2) is 21.2 Å². The molecular weight excluding hydrogens is 467 g/mol. The van der Waals surface area contributed by atoms with Crippen molar-refractivity contribution >= 4 is 47.0 Å². The molecule has 4 aliphatic carbocycles. The van der Waals surface area contributed by atoms with Gasteiger partial charge in [0.15, 0.2) is 3.51 Å². The smallest absolute Gasteiger partial charge is 0.354 e. The zero-order valence-corrected chi connectivity index (χ0v) is 17.6. The van der Waals surface area contributed by atoms with Crippen molar-refractivity contribution in [1.29, 1.82) is 0 Å². The number of carbonyl (C=O) groups excluding carboxylic acids is 2. The quantitative estimate of drug-likeness (QED) is 0.441. The molecule has 0 radical (unpaired) electrons. The van der Waals surface area contributed by atoms with Crippen molar-refractivity contribution in [3.63, 3.8) is 0 Å². The van der Waals surface area contributed by atoms with Crippen LogP contribution in [0.3, 0.4) is 0 Å². The first-order valence-corrected chi connectivity index (χ1v) is 12.2. The highest BCUT2D eigenvalue weighted by atomic mass is 127. The van der Waals surface area contributed by atoms with Gasteiger partial charge in [0.1, 0.15) is 0 Å². The molecule has 1 aliphatic heterocycles. The normalized spacial score (nSPS) is 36.1. The molecule has 5 heteroatoms. The summed E-state index contributed by atoms with van der Waals surface area (Å²) < 4.78 is 13.3. The van der Waals surface area contributed by atoms with E-state index in [0.29, 0.717) is 0 Å². The molecule has 0 N–H and O–H groups in total. The molecule has 2 aromatic carbocycles. The maximum atomic E-state index is 13.0. The molecule has 0 unspecified atom stereocenters. The SMILES string of the molecule is O=C1OC2(OC(=O)C1=Ic1cccc3ccccc13)C1CC3CC(C1)CC2C3. The lowest BCUT2D eigenvalue weighted by Crippen LogP contribution is -2.65. The highest BCUT2D eigenvalue weighted by Gasteiger charge is 2.64. The van der Waals surface area contributed by atoms with Crippen LogP contribution in [0.25, 0.3) is 10.8 Å². The molecule has 1 heterocycles. The second-order valence-electron chi connectivity index (χ2n) is 8.67. The van der Waals surface area contributed by atoms with Crippen molar-refractivity contribution in [2.45, 2.75) is 37.9 Å². The Bertz CT molecular complexity index is 985. The number of hydrogen-bond donors (Lipinski definition) is 0. The van der Waals surface area contributed by atoms with Crippen LogP contribution in [0.2, 0.25) is 0 Å². The van der Waals surface area contributed by atoms with Gasteiger partial charge in [-0.3, -0.25) is 0 Å². The first-order valence-electron chi connectivity index (χ1n) is 10.1. The highest BCUT2D eigenvalue weighted by Crippen LogP contribution is 2.60. The lowest BCUT2D eigenvalue weighted by atomic mass is 9.53. The standard InChI is InChI=1S/C23H21IO4/c25-21-20(24-19-7-3-5-15-4-1-2-6-18(15)19)22(26)28-23(27-21)16-9-13-8-14(11-16)12-17(23)10-13/h1-7,13-14,16-17H,8-12H2. The second kappa shape index (κ2) is 6.12. The van der Waals surface area contributed by atoms with Crippen LogP contribution in [0.15, 0.2) is 42.5 Å². The monoisotopic (exact) mass is 488 g/mol. The van der Waals surface area contributed by atoms with Crippen molar-refractivity contribution < 1.29 is 19.1 Å². The van der Waals surface area contributed by atoms with E-state index < -0.39 is 38.5 Å². The minimum atomic E-state index is -0.979. The molecule has 2 aromatic rings. The second-order valence-corrected chi connectivity index (χ2v) is 11.5. The average molecular weight is 488 g/mol. The number of rotatable bonds is 1. The molecular formula is C23H21IO4. The van der Waals surface area contributed by atoms with Crippen molar-refractivity contribution in [3.05, 3.63) is 46.0 Å². The van der Waals surface area contributed by atoms with Gasteiger partial charge >= 0.3 is 11.9 Å². The summed E-state index contributed by atoms with van der Waals surface area (Å²) in [6, 6.07) is 14.1. The van der Waals surface area contributed by atoms with Crippen molar-refractivity contribution in [1.82, 2.24) is 0 Å². The van der Waals surface area contributed by atoms with E-state index in [2.05, 4.69) is 0 Å². The Morgan fingerprint density at radius 1 is 0.786 bits per heavy atom. The van der Waals surface area contributed by atoms with E-state index in [-0.39, 0.29) is 15.3 Å². The number of esters is 2. The van der Waals surface area contributed by atoms with E-state index in [0.717, 1.165) is 51.9 Å². The summed E-state index contributed by atoms with van der Waals surface area (Å²) in [5.74, 6) is -0.0111. The van der Waals surface area contributed by atoms with E-state index >= 15 is 0 Å². The Hall–Kier alpha value is -1.76. The predicted molar refractivity (Wildman–Crippen MR) is 114 cm³/mol. The van der Waals surface area contributed by atoms with E-state index in [1.807, 2.05) is 42.5 Å². The maximum absolute atomic E-state index is 13.0. The summed E-state index contributed by atoms with van der Waals surface area (Å²) in [7, 11) is 0. The van der Waals surface area contributed by atoms with Gasteiger partial charge in [-0.1, -0.05) is 57.1 Å². The fourth-order valence-electron chi connectivity index (χ4n) is 6.11. The number of halogens is 1. The summed E-state index contributed by atoms with van der Waals surface area (Å²) in [5.41, 5.74) is 0. The van der Waals surface area contributed by atoms with Crippen LogP contribution in [-0.2, 0) is 19.1 Å². The van der Waals surface area contributed by atoms with Gasteiger partial charge in [-0.2, -0.15) is 0 Å². The average Bonchev–Trinajstić information content (AvgIpc) is 2.68. The maximum Gasteiger partial charge on any atom is 0.354 e. The van der Waals surface area contributed by atoms with E-state index in [4.69, 9.17) is 9.47 Å². The fraction of sp³-hybridized carbons (Fsp3) is 0.435. The molecule has 0 atom stereocenters. The summed E-state index contributed by atoms with van der Waals surface area (Å²) in [5, 5.41) is 2.22. The minimum Gasteiger partial charge on any atom is -0.418 e. The molecule has 28 heavy (non-hydrogen) atoms. The highest BCUT2D eigenvalue weighted by molar-refractivity contribution is 14.2. The lowest BCUT2D eigenvalue weighted by Gasteiger charge is -2.59. The van der Waals surface area contributed by atoms with Crippen LogP contribution in [0.1, 0.15) is 32.1 Å². The molecule has 1 spiro atoms. The first-order chi connectivity index (χ1) is 13.6. The zero-order valence-electron chi connectivity index (χ0n) is 15.4. The molecule has 144 valence electrons. The molecule has 0 amide bonds. The molecule has 4 bridgehead atoms. The number of carbonyl (C=O) groups is 2. The van der Waals surface area contributed by atoms with E-state index in [9.17, 15) is 9.59 Å². The third kappa shape index (κ3) is 2.44. The Morgan fingerprint density at radius 3 is 2.07 bits per heavy atom. The summed E-state index contributed by atoms with van der Waals surface area (Å²) in [6.07, 6.45) is 5.42. The van der Waals surface area contributed by atoms with Crippen molar-refractivity contribution in [2.75, 3.05) is 0 Å². The van der Waals surface area contributed by atoms with Crippen LogP contribution >= 0.6 is 20.7 Å². The van der Waals surface area contributed by atoms with Gasteiger partial charge in [0.05, 0.1) is 0 Å². The first kappa shape index (κ1) is 17.1. The van der Waals surface area contributed by atoms with Gasteiger partial charge in [-0.05, 0) is 60.8 Å². The largest absolute Gasteiger partial charge is 0.418 e. The van der Waals surface area contributed by atoms with Crippen LogP contribution in [0.4, 0.5) is 0 Å². The molecule has 5 fully saturated rings. The van der Waals surface area contributed by atoms with Gasteiger partial charge in [0.25, 0.3) is 5.79 Å². The van der Waals surface area contributed by atoms with E-state index in [1.165, 1.54) is 6.42 Å². The number of fused-ring (bicyclic) bond motifs is 1. The van der Waals surface area contributed by atoms with Gasteiger partial charge < -0.3 is 9.47 Å². The molecule has 5 aliphatic rings. The molecule has 4 nitrogen and oxygen atoms in total. The number of ether oxygens (including phenoxy) is 2. The Kier molecular flexibility index (Phi) is 3.74.